The molecule has 0 unspecified atom stereocenters. The summed E-state index contributed by atoms with van der Waals surface area (Å²) in [6, 6.07) is 7.66. The molecule has 1 fully saturated rings. The third kappa shape index (κ3) is 3.90. The lowest BCUT2D eigenvalue weighted by Crippen LogP contribution is -2.39. The zero-order valence-corrected chi connectivity index (χ0v) is 14.6. The molecule has 1 aliphatic heterocycles. The second kappa shape index (κ2) is 7.70. The second-order valence-corrected chi connectivity index (χ2v) is 6.95. The third-order valence-electron chi connectivity index (χ3n) is 4.19. The number of H-pyrrole nitrogens is 1. The summed E-state index contributed by atoms with van der Waals surface area (Å²) < 4.78 is 0. The van der Waals surface area contributed by atoms with Crippen LogP contribution in [0.5, 0.6) is 0 Å². The molecule has 6 nitrogen and oxygen atoms in total. The van der Waals surface area contributed by atoms with E-state index in [1.165, 1.54) is 0 Å². The van der Waals surface area contributed by atoms with Crippen LogP contribution in [-0.2, 0) is 9.59 Å². The Balaban J connectivity index is 1.70. The molecule has 7 heteroatoms. The predicted molar refractivity (Wildman–Crippen MR) is 95.8 cm³/mol. The number of amides is 2. The largest absolute Gasteiger partial charge is 0.345 e. The van der Waals surface area contributed by atoms with Gasteiger partial charge in [-0.15, -0.1) is 0 Å². The van der Waals surface area contributed by atoms with Crippen LogP contribution in [-0.4, -0.2) is 51.8 Å². The van der Waals surface area contributed by atoms with Crippen LogP contribution in [0.15, 0.2) is 24.3 Å². The van der Waals surface area contributed by atoms with Crippen molar-refractivity contribution in [2.75, 3.05) is 25.1 Å². The van der Waals surface area contributed by atoms with E-state index < -0.39 is 0 Å². The van der Waals surface area contributed by atoms with Crippen LogP contribution in [0.25, 0.3) is 11.0 Å². The maximum Gasteiger partial charge on any atom is 0.240 e. The van der Waals surface area contributed by atoms with Crippen LogP contribution in [0.1, 0.15) is 31.1 Å². The second-order valence-electron chi connectivity index (χ2n) is 5.96. The van der Waals surface area contributed by atoms with Gasteiger partial charge in [-0.05, 0) is 37.0 Å². The first-order chi connectivity index (χ1) is 11.7. The van der Waals surface area contributed by atoms with Gasteiger partial charge in [0.05, 0.1) is 23.6 Å². The molecule has 0 spiro atoms. The van der Waals surface area contributed by atoms with Crippen LogP contribution < -0.4 is 5.32 Å². The highest BCUT2D eigenvalue weighted by Gasteiger charge is 2.24. The van der Waals surface area contributed by atoms with Crippen molar-refractivity contribution in [1.82, 2.24) is 20.2 Å². The Bertz CT molecular complexity index is 697. The van der Waals surface area contributed by atoms with Gasteiger partial charge in [-0.3, -0.25) is 9.59 Å². The lowest BCUT2D eigenvalue weighted by Gasteiger charge is -2.19. The van der Waals surface area contributed by atoms with E-state index in [1.54, 1.807) is 16.7 Å². The number of hydrogen-bond donors (Lipinski definition) is 2. The summed E-state index contributed by atoms with van der Waals surface area (Å²) in [6.45, 7) is 0.807. The number of thioether (sulfide) groups is 1. The van der Waals surface area contributed by atoms with E-state index >= 15 is 0 Å². The van der Waals surface area contributed by atoms with E-state index in [0.29, 0.717) is 13.0 Å². The van der Waals surface area contributed by atoms with E-state index in [0.717, 1.165) is 35.5 Å². The van der Waals surface area contributed by atoms with Crippen molar-refractivity contribution in [2.45, 2.75) is 25.3 Å². The molecule has 24 heavy (non-hydrogen) atoms. The van der Waals surface area contributed by atoms with Gasteiger partial charge in [-0.25, -0.2) is 4.98 Å². The van der Waals surface area contributed by atoms with Crippen molar-refractivity contribution in [3.05, 3.63) is 30.1 Å². The molecule has 2 amide bonds. The summed E-state index contributed by atoms with van der Waals surface area (Å²) in [7, 11) is 0. The van der Waals surface area contributed by atoms with Crippen molar-refractivity contribution in [2.24, 2.45) is 0 Å². The maximum absolute atomic E-state index is 12.4. The van der Waals surface area contributed by atoms with Crippen LogP contribution in [0.2, 0.25) is 0 Å². The fraction of sp³-hybridized carbons (Fsp3) is 0.471. The number of likely N-dealkylation sites (tertiary alicyclic amines) is 1. The molecular formula is C17H22N4O2S. The minimum atomic E-state index is -0.171. The van der Waals surface area contributed by atoms with Crippen LogP contribution in [0.4, 0.5) is 0 Å². The monoisotopic (exact) mass is 346 g/mol. The Kier molecular flexibility index (Phi) is 5.40. The van der Waals surface area contributed by atoms with Gasteiger partial charge in [0.1, 0.15) is 5.82 Å². The van der Waals surface area contributed by atoms with E-state index in [1.807, 2.05) is 30.5 Å². The third-order valence-corrected chi connectivity index (χ3v) is 4.83. The van der Waals surface area contributed by atoms with Crippen LogP contribution in [0.3, 0.4) is 0 Å². The number of rotatable bonds is 7. The number of benzene rings is 1. The van der Waals surface area contributed by atoms with Gasteiger partial charge in [0.25, 0.3) is 0 Å². The first kappa shape index (κ1) is 16.8. The minimum absolute atomic E-state index is 0.0644. The van der Waals surface area contributed by atoms with E-state index in [-0.39, 0.29) is 24.4 Å². The lowest BCUT2D eigenvalue weighted by atomic mass is 10.2. The maximum atomic E-state index is 12.4. The molecular weight excluding hydrogens is 324 g/mol. The minimum Gasteiger partial charge on any atom is -0.345 e. The summed E-state index contributed by atoms with van der Waals surface area (Å²) in [4.78, 5) is 33.6. The number of nitrogens with one attached hydrogen (secondary N) is 2. The van der Waals surface area contributed by atoms with Crippen LogP contribution >= 0.6 is 11.8 Å². The van der Waals surface area contributed by atoms with Gasteiger partial charge in [-0.1, -0.05) is 12.1 Å². The molecule has 1 aromatic carbocycles. The molecule has 1 aliphatic rings. The number of carbonyl (C=O) groups excluding carboxylic acids is 2. The Labute approximate surface area is 145 Å². The fourth-order valence-electron chi connectivity index (χ4n) is 2.94. The SMILES string of the molecule is CSCC[C@@H](NC(=O)CN1CCCC1=O)c1nc2ccccc2[nH]1. The Hall–Kier alpha value is -2.02. The summed E-state index contributed by atoms with van der Waals surface area (Å²) in [5.41, 5.74) is 1.86. The van der Waals surface area contributed by atoms with Gasteiger partial charge in [-0.2, -0.15) is 11.8 Å². The molecule has 3 rings (SSSR count). The molecule has 0 bridgehead atoms. The highest BCUT2D eigenvalue weighted by atomic mass is 32.2. The summed E-state index contributed by atoms with van der Waals surface area (Å²) in [5.74, 6) is 1.63. The number of para-hydroxylation sites is 2. The van der Waals surface area contributed by atoms with E-state index in [9.17, 15) is 9.59 Å². The number of aromatic nitrogens is 2. The number of hydrogen-bond acceptors (Lipinski definition) is 4. The highest BCUT2D eigenvalue weighted by molar-refractivity contribution is 7.98. The standard InChI is InChI=1S/C17H22N4O2S/c1-24-10-8-14(17-19-12-5-2-3-6-13(12)20-17)18-15(22)11-21-9-4-7-16(21)23/h2-3,5-6,14H,4,7-11H2,1H3,(H,18,22)(H,19,20)/t14-/m1/s1. The predicted octanol–water partition coefficient (Wildman–Crippen LogP) is 2.10. The van der Waals surface area contributed by atoms with Gasteiger partial charge in [0.15, 0.2) is 0 Å². The zero-order valence-electron chi connectivity index (χ0n) is 13.7. The van der Waals surface area contributed by atoms with Crippen molar-refractivity contribution in [1.29, 1.82) is 0 Å². The first-order valence-electron chi connectivity index (χ1n) is 8.18. The molecule has 128 valence electrons. The molecule has 2 N–H and O–H groups in total. The average molecular weight is 346 g/mol. The van der Waals surface area contributed by atoms with Crippen molar-refractivity contribution in [3.8, 4) is 0 Å². The fourth-order valence-corrected chi connectivity index (χ4v) is 3.41. The molecule has 0 saturated carbocycles. The topological polar surface area (TPSA) is 78.1 Å². The van der Waals surface area contributed by atoms with Crippen LogP contribution in [0, 0.1) is 0 Å². The first-order valence-corrected chi connectivity index (χ1v) is 9.57. The van der Waals surface area contributed by atoms with Gasteiger partial charge in [0.2, 0.25) is 11.8 Å². The molecule has 1 saturated heterocycles. The zero-order chi connectivity index (χ0) is 16.9. The summed E-state index contributed by atoms with van der Waals surface area (Å²) in [5, 5.41) is 3.04. The molecule has 2 heterocycles. The average Bonchev–Trinajstić information content (AvgIpc) is 3.17. The molecule has 2 aromatic rings. The van der Waals surface area contributed by atoms with E-state index in [4.69, 9.17) is 0 Å². The van der Waals surface area contributed by atoms with Gasteiger partial charge < -0.3 is 15.2 Å². The Morgan fingerprint density at radius 2 is 2.29 bits per heavy atom. The number of nitrogens with zero attached hydrogens (tertiary/aromatic N) is 2. The normalized spacial score (nSPS) is 15.9. The lowest BCUT2D eigenvalue weighted by molar-refractivity contribution is -0.133. The molecule has 1 atom stereocenters. The quantitative estimate of drug-likeness (QED) is 0.805. The van der Waals surface area contributed by atoms with Crippen molar-refractivity contribution in [3.63, 3.8) is 0 Å². The summed E-state index contributed by atoms with van der Waals surface area (Å²) >= 11 is 1.73. The molecule has 0 radical (unpaired) electrons. The highest BCUT2D eigenvalue weighted by Crippen LogP contribution is 2.20. The van der Waals surface area contributed by atoms with Gasteiger partial charge in [0, 0.05) is 13.0 Å². The summed E-state index contributed by atoms with van der Waals surface area (Å²) in [6.07, 6.45) is 4.22. The molecule has 0 aliphatic carbocycles. The number of aromatic amines is 1. The van der Waals surface area contributed by atoms with E-state index in [2.05, 4.69) is 15.3 Å². The van der Waals surface area contributed by atoms with Crippen molar-refractivity contribution < 1.29 is 9.59 Å². The Morgan fingerprint density at radius 3 is 3.00 bits per heavy atom. The number of imidazole rings is 1. The number of fused-ring (bicyclic) bond motifs is 1. The molecule has 1 aromatic heterocycles. The smallest absolute Gasteiger partial charge is 0.240 e. The van der Waals surface area contributed by atoms with Gasteiger partial charge >= 0.3 is 0 Å². The number of carbonyl (C=O) groups is 2. The Morgan fingerprint density at radius 1 is 1.46 bits per heavy atom. The van der Waals surface area contributed by atoms with Crippen molar-refractivity contribution >= 4 is 34.6 Å².